The van der Waals surface area contributed by atoms with Crippen molar-refractivity contribution >= 4 is 31.3 Å². The second-order valence-corrected chi connectivity index (χ2v) is 21.8. The first-order valence-corrected chi connectivity index (χ1v) is 22.9. The number of hydrazine groups is 1. The summed E-state index contributed by atoms with van der Waals surface area (Å²) in [5.41, 5.74) is 9.76. The molecule has 2 amide bonds. The molecule has 288 valence electrons. The van der Waals surface area contributed by atoms with Crippen molar-refractivity contribution in [3.8, 4) is 0 Å². The zero-order valence-corrected chi connectivity index (χ0v) is 32.7. The minimum atomic E-state index is -4.79. The van der Waals surface area contributed by atoms with Crippen LogP contribution < -0.4 is 16.5 Å². The standard InChI is InChI=1S/C38H58F3N7O3Si/c1-7-47-34(36(42)49)29(22-43-47)33(32(26-14-10-8-11-15-26)27-16-12-9-13-17-27)37(50)45-30-19-18-28(35(44-30)38(39,40)41)31-24(2)46-48(25(31)3)23-51-20-21-52(4,5)6/h18-19,22,24,26-27,32-33,46H,7-17,20-21,23H2,1-6H3,(H2,42,49)(H,44,45,50). The van der Waals surface area contributed by atoms with Crippen LogP contribution in [0.3, 0.4) is 0 Å². The number of ether oxygens (including phenoxy) is 1. The van der Waals surface area contributed by atoms with E-state index in [-0.39, 0.29) is 41.6 Å². The van der Waals surface area contributed by atoms with Gasteiger partial charge in [0.15, 0.2) is 5.69 Å². The van der Waals surface area contributed by atoms with Gasteiger partial charge in [0.05, 0.1) is 18.2 Å². The Labute approximate surface area is 307 Å². The number of halogens is 3. The van der Waals surface area contributed by atoms with Gasteiger partial charge >= 0.3 is 6.18 Å². The normalized spacial score (nSPS) is 20.2. The molecule has 3 aliphatic rings. The maximum atomic E-state index is 14.8. The minimum Gasteiger partial charge on any atom is -0.364 e. The van der Waals surface area contributed by atoms with Crippen molar-refractivity contribution in [2.75, 3.05) is 18.7 Å². The average molecular weight is 746 g/mol. The third-order valence-electron chi connectivity index (χ3n) is 11.3. The Kier molecular flexibility index (Phi) is 12.9. The van der Waals surface area contributed by atoms with E-state index in [0.29, 0.717) is 30.0 Å². The van der Waals surface area contributed by atoms with E-state index >= 15 is 0 Å². The van der Waals surface area contributed by atoms with Gasteiger partial charge in [0.2, 0.25) is 5.91 Å². The Morgan fingerprint density at radius 2 is 1.67 bits per heavy atom. The molecule has 3 heterocycles. The van der Waals surface area contributed by atoms with E-state index in [9.17, 15) is 22.8 Å². The van der Waals surface area contributed by atoms with Crippen LogP contribution in [0.1, 0.15) is 118 Å². The van der Waals surface area contributed by atoms with Crippen molar-refractivity contribution in [1.29, 1.82) is 0 Å². The number of aromatic nitrogens is 3. The number of hydrogen-bond donors (Lipinski definition) is 3. The summed E-state index contributed by atoms with van der Waals surface area (Å²) in [5, 5.41) is 8.99. The number of nitrogens with zero attached hydrogens (tertiary/aromatic N) is 4. The maximum Gasteiger partial charge on any atom is 0.434 e. The first kappa shape index (κ1) is 40.0. The molecule has 52 heavy (non-hydrogen) atoms. The van der Waals surface area contributed by atoms with Crippen LogP contribution in [0.4, 0.5) is 19.0 Å². The summed E-state index contributed by atoms with van der Waals surface area (Å²) in [6, 6.07) is 3.40. The van der Waals surface area contributed by atoms with E-state index in [0.717, 1.165) is 70.3 Å². The second-order valence-electron chi connectivity index (χ2n) is 16.2. The first-order chi connectivity index (χ1) is 24.6. The average Bonchev–Trinajstić information content (AvgIpc) is 3.65. The molecule has 2 unspecified atom stereocenters. The van der Waals surface area contributed by atoms with E-state index in [2.05, 4.69) is 40.5 Å². The van der Waals surface area contributed by atoms with Gasteiger partial charge in [-0.1, -0.05) is 83.8 Å². The molecule has 4 N–H and O–H groups in total. The summed E-state index contributed by atoms with van der Waals surface area (Å²) in [4.78, 5) is 31.7. The van der Waals surface area contributed by atoms with E-state index in [1.807, 2.05) is 13.8 Å². The van der Waals surface area contributed by atoms with Crippen LogP contribution in [-0.2, 0) is 22.3 Å². The quantitative estimate of drug-likeness (QED) is 0.132. The van der Waals surface area contributed by atoms with Gasteiger partial charge in [-0.15, -0.1) is 0 Å². The van der Waals surface area contributed by atoms with Gasteiger partial charge in [0.25, 0.3) is 5.91 Å². The van der Waals surface area contributed by atoms with Gasteiger partial charge in [0.1, 0.15) is 18.2 Å². The highest BCUT2D eigenvalue weighted by Crippen LogP contribution is 2.48. The lowest BCUT2D eigenvalue weighted by molar-refractivity contribution is -0.141. The fraction of sp³-hybridized carbons (Fsp3) is 0.684. The first-order valence-electron chi connectivity index (χ1n) is 19.2. The third-order valence-corrected chi connectivity index (χ3v) is 13.0. The number of rotatable bonds is 14. The zero-order chi connectivity index (χ0) is 37.8. The number of allylic oxidation sites excluding steroid dienone is 1. The smallest absolute Gasteiger partial charge is 0.364 e. The van der Waals surface area contributed by atoms with Crippen LogP contribution in [0, 0.1) is 17.8 Å². The predicted octanol–water partition coefficient (Wildman–Crippen LogP) is 8.17. The van der Waals surface area contributed by atoms with Crippen molar-refractivity contribution in [2.24, 2.45) is 23.5 Å². The SMILES string of the molecule is CCn1ncc(C(C(=O)Nc2ccc(C3=C(C)N(COCC[Si](C)(C)C)NC3C)c(C(F)(F)F)n2)C(C2CCCCC2)C2CCCCC2)c1C(N)=O. The predicted molar refractivity (Wildman–Crippen MR) is 200 cm³/mol. The van der Waals surface area contributed by atoms with Crippen LogP contribution in [0.2, 0.25) is 25.7 Å². The number of nitrogens with one attached hydrogen (secondary N) is 2. The summed E-state index contributed by atoms with van der Waals surface area (Å²) in [5.74, 6) is -1.85. The lowest BCUT2D eigenvalue weighted by atomic mass is 9.63. The molecule has 2 aromatic rings. The molecule has 0 spiro atoms. The van der Waals surface area contributed by atoms with Gasteiger partial charge < -0.3 is 15.8 Å². The topological polar surface area (TPSA) is 127 Å². The van der Waals surface area contributed by atoms with Crippen LogP contribution >= 0.6 is 0 Å². The third kappa shape index (κ3) is 9.28. The number of anilines is 1. The molecule has 1 aliphatic heterocycles. The fourth-order valence-electron chi connectivity index (χ4n) is 8.74. The molecular formula is C38H58F3N7O3Si. The largest absolute Gasteiger partial charge is 0.434 e. The lowest BCUT2D eigenvalue weighted by Gasteiger charge is -2.41. The van der Waals surface area contributed by atoms with Gasteiger partial charge in [-0.05, 0) is 56.7 Å². The molecule has 0 saturated heterocycles. The van der Waals surface area contributed by atoms with Crippen molar-refractivity contribution in [1.82, 2.24) is 25.2 Å². The molecule has 5 rings (SSSR count). The molecule has 10 nitrogen and oxygen atoms in total. The maximum absolute atomic E-state index is 14.8. The Hall–Kier alpha value is -3.23. The number of hydrogen-bond acceptors (Lipinski definition) is 7. The van der Waals surface area contributed by atoms with E-state index in [4.69, 9.17) is 10.5 Å². The van der Waals surface area contributed by atoms with Crippen LogP contribution in [-0.4, -0.2) is 59.0 Å². The minimum absolute atomic E-state index is 0.0494. The summed E-state index contributed by atoms with van der Waals surface area (Å²) < 4.78 is 51.9. The molecule has 0 aromatic carbocycles. The van der Waals surface area contributed by atoms with Crippen LogP contribution in [0.15, 0.2) is 24.0 Å². The number of pyridine rings is 1. The molecule has 2 aromatic heterocycles. The molecular weight excluding hydrogens is 688 g/mol. The molecule has 2 fully saturated rings. The van der Waals surface area contributed by atoms with Crippen molar-refractivity contribution in [2.45, 2.75) is 135 Å². The van der Waals surface area contributed by atoms with Crippen molar-refractivity contribution < 1.29 is 27.5 Å². The van der Waals surface area contributed by atoms with Crippen LogP contribution in [0.5, 0.6) is 0 Å². The fourth-order valence-corrected chi connectivity index (χ4v) is 9.50. The van der Waals surface area contributed by atoms with Crippen LogP contribution in [0.25, 0.3) is 5.57 Å². The number of aryl methyl sites for hydroxylation is 1. The van der Waals surface area contributed by atoms with Gasteiger partial charge in [-0.3, -0.25) is 19.3 Å². The van der Waals surface area contributed by atoms with Crippen molar-refractivity contribution in [3.63, 3.8) is 0 Å². The number of amides is 2. The number of primary amides is 1. The monoisotopic (exact) mass is 745 g/mol. The highest BCUT2D eigenvalue weighted by Gasteiger charge is 2.44. The summed E-state index contributed by atoms with van der Waals surface area (Å²) in [6.45, 7) is 13.4. The van der Waals surface area contributed by atoms with E-state index in [1.54, 1.807) is 18.1 Å². The molecule has 2 saturated carbocycles. The number of carbonyl (C=O) groups excluding carboxylic acids is 2. The van der Waals surface area contributed by atoms with Crippen molar-refractivity contribution in [3.05, 3.63) is 46.5 Å². The molecule has 2 aliphatic carbocycles. The Morgan fingerprint density at radius 3 is 2.21 bits per heavy atom. The summed E-state index contributed by atoms with van der Waals surface area (Å²) >= 11 is 0. The lowest BCUT2D eigenvalue weighted by Crippen LogP contribution is -2.39. The highest BCUT2D eigenvalue weighted by molar-refractivity contribution is 6.76. The molecule has 0 radical (unpaired) electrons. The molecule has 0 bridgehead atoms. The number of carbonyl (C=O) groups is 2. The molecule has 2 atom stereocenters. The van der Waals surface area contributed by atoms with E-state index < -0.39 is 43.7 Å². The summed E-state index contributed by atoms with van der Waals surface area (Å²) in [6.07, 6.45) is 7.12. The van der Waals surface area contributed by atoms with Gasteiger partial charge in [-0.25, -0.2) is 10.4 Å². The van der Waals surface area contributed by atoms with E-state index in [1.165, 1.54) is 16.8 Å². The Balaban J connectivity index is 1.51. The van der Waals surface area contributed by atoms with Gasteiger partial charge in [0, 0.05) is 43.6 Å². The number of alkyl halides is 3. The zero-order valence-electron chi connectivity index (χ0n) is 31.7. The summed E-state index contributed by atoms with van der Waals surface area (Å²) in [7, 11) is -1.30. The Bertz CT molecular complexity index is 1570. The second kappa shape index (κ2) is 16.8. The molecule has 14 heteroatoms. The number of nitrogens with two attached hydrogens (primary N) is 1. The Morgan fingerprint density at radius 1 is 1.06 bits per heavy atom. The van der Waals surface area contributed by atoms with Gasteiger partial charge in [-0.2, -0.15) is 18.3 Å². The highest BCUT2D eigenvalue weighted by atomic mass is 28.3.